The molecule has 4 rings (SSSR count). The Balaban J connectivity index is 1.73. The molecule has 6 heteroatoms. The summed E-state index contributed by atoms with van der Waals surface area (Å²) in [5.41, 5.74) is 0.360. The Morgan fingerprint density at radius 3 is 2.71 bits per heavy atom. The number of benzene rings is 1. The minimum Gasteiger partial charge on any atom is -0.302 e. The highest BCUT2D eigenvalue weighted by molar-refractivity contribution is 7.99. The molecule has 108 valence electrons. The second kappa shape index (κ2) is 4.94. The molecule has 2 aromatic rings. The fourth-order valence-electron chi connectivity index (χ4n) is 2.47. The van der Waals surface area contributed by atoms with Crippen LogP contribution in [0.2, 0.25) is 0 Å². The zero-order chi connectivity index (χ0) is 14.4. The van der Waals surface area contributed by atoms with Gasteiger partial charge in [-0.25, -0.2) is 4.39 Å². The second-order valence-electron chi connectivity index (χ2n) is 5.59. The molecule has 2 aliphatic carbocycles. The predicted octanol–water partition coefficient (Wildman–Crippen LogP) is 3.59. The van der Waals surface area contributed by atoms with Gasteiger partial charge < -0.3 is 4.57 Å². The highest BCUT2D eigenvalue weighted by atomic mass is 32.2. The molecule has 0 bridgehead atoms. The zero-order valence-corrected chi connectivity index (χ0v) is 12.1. The Labute approximate surface area is 125 Å². The first-order chi connectivity index (χ1) is 10.3. The lowest BCUT2D eigenvalue weighted by atomic mass is 10.2. The molecule has 1 aromatic heterocycles. The third kappa shape index (κ3) is 2.37. The molecular weight excluding hydrogens is 289 g/mol. The Bertz CT molecular complexity index is 707. The third-order valence-corrected chi connectivity index (χ3v) is 4.96. The van der Waals surface area contributed by atoms with E-state index in [0.29, 0.717) is 33.9 Å². The lowest BCUT2D eigenvalue weighted by Gasteiger charge is -2.09. The number of hydrogen-bond donors (Lipinski definition) is 0. The summed E-state index contributed by atoms with van der Waals surface area (Å²) in [6.45, 7) is 0. The lowest BCUT2D eigenvalue weighted by Crippen LogP contribution is -2.02. The van der Waals surface area contributed by atoms with Crippen LogP contribution in [0.25, 0.3) is 0 Å². The SMILES string of the molecule is O=Cc1cccc(F)c1Sc1nnc(C2CC2)n1C1CC1. The molecule has 2 fully saturated rings. The summed E-state index contributed by atoms with van der Waals surface area (Å²) in [5, 5.41) is 9.25. The van der Waals surface area contributed by atoms with Gasteiger partial charge in [-0.15, -0.1) is 10.2 Å². The monoisotopic (exact) mass is 303 g/mol. The van der Waals surface area contributed by atoms with Gasteiger partial charge >= 0.3 is 0 Å². The van der Waals surface area contributed by atoms with Gasteiger partial charge in [0.15, 0.2) is 11.4 Å². The first-order valence-corrected chi connectivity index (χ1v) is 7.96. The topological polar surface area (TPSA) is 47.8 Å². The van der Waals surface area contributed by atoms with Crippen LogP contribution >= 0.6 is 11.8 Å². The maximum absolute atomic E-state index is 14.0. The predicted molar refractivity (Wildman–Crippen MR) is 76.2 cm³/mol. The van der Waals surface area contributed by atoms with E-state index in [1.807, 2.05) is 0 Å². The van der Waals surface area contributed by atoms with Crippen LogP contribution in [0.1, 0.15) is 53.8 Å². The van der Waals surface area contributed by atoms with E-state index in [9.17, 15) is 9.18 Å². The molecule has 0 unspecified atom stereocenters. The van der Waals surface area contributed by atoms with Gasteiger partial charge in [0.1, 0.15) is 11.6 Å². The van der Waals surface area contributed by atoms with Crippen molar-refractivity contribution in [2.75, 3.05) is 0 Å². The van der Waals surface area contributed by atoms with Crippen LogP contribution in [0, 0.1) is 5.82 Å². The van der Waals surface area contributed by atoms with Crippen molar-refractivity contribution < 1.29 is 9.18 Å². The Morgan fingerprint density at radius 2 is 2.05 bits per heavy atom. The molecule has 2 saturated carbocycles. The third-order valence-electron chi connectivity index (χ3n) is 3.86. The number of hydrogen-bond acceptors (Lipinski definition) is 4. The number of nitrogens with zero attached hydrogens (tertiary/aromatic N) is 3. The van der Waals surface area contributed by atoms with Crippen LogP contribution in [-0.2, 0) is 0 Å². The maximum Gasteiger partial charge on any atom is 0.196 e. The fraction of sp³-hybridized carbons (Fsp3) is 0.400. The smallest absolute Gasteiger partial charge is 0.196 e. The second-order valence-corrected chi connectivity index (χ2v) is 6.57. The molecule has 0 saturated heterocycles. The van der Waals surface area contributed by atoms with Crippen molar-refractivity contribution in [3.05, 3.63) is 35.4 Å². The summed E-state index contributed by atoms with van der Waals surface area (Å²) < 4.78 is 16.2. The lowest BCUT2D eigenvalue weighted by molar-refractivity contribution is 0.112. The van der Waals surface area contributed by atoms with Crippen LogP contribution in [0.3, 0.4) is 0 Å². The largest absolute Gasteiger partial charge is 0.302 e. The Hall–Kier alpha value is -1.69. The molecule has 0 N–H and O–H groups in total. The Morgan fingerprint density at radius 1 is 1.24 bits per heavy atom. The molecule has 0 atom stereocenters. The quantitative estimate of drug-likeness (QED) is 0.792. The maximum atomic E-state index is 14.0. The van der Waals surface area contributed by atoms with Crippen LogP contribution in [0.15, 0.2) is 28.3 Å². The van der Waals surface area contributed by atoms with Crippen molar-refractivity contribution >= 4 is 18.0 Å². The number of carbonyl (C=O) groups is 1. The van der Waals surface area contributed by atoms with E-state index >= 15 is 0 Å². The normalized spacial score (nSPS) is 18.0. The summed E-state index contributed by atoms with van der Waals surface area (Å²) in [6.07, 6.45) is 5.26. The van der Waals surface area contributed by atoms with E-state index in [0.717, 1.165) is 31.5 Å². The number of rotatable bonds is 5. The number of aromatic nitrogens is 3. The van der Waals surface area contributed by atoms with Crippen molar-refractivity contribution in [2.24, 2.45) is 0 Å². The summed E-state index contributed by atoms with van der Waals surface area (Å²) in [7, 11) is 0. The van der Waals surface area contributed by atoms with Gasteiger partial charge in [-0.1, -0.05) is 12.1 Å². The van der Waals surface area contributed by atoms with Gasteiger partial charge in [0.2, 0.25) is 0 Å². The molecule has 1 aromatic carbocycles. The van der Waals surface area contributed by atoms with E-state index in [1.54, 1.807) is 12.1 Å². The van der Waals surface area contributed by atoms with Crippen LogP contribution in [0.4, 0.5) is 4.39 Å². The standard InChI is InChI=1S/C15H14FN3OS/c16-12-3-1-2-10(8-20)13(12)21-15-18-17-14(9-4-5-9)19(15)11-6-7-11/h1-3,8-9,11H,4-7H2. The highest BCUT2D eigenvalue weighted by Crippen LogP contribution is 2.47. The van der Waals surface area contributed by atoms with Gasteiger partial charge in [-0.2, -0.15) is 0 Å². The van der Waals surface area contributed by atoms with Crippen molar-refractivity contribution in [2.45, 2.75) is 47.7 Å². The van der Waals surface area contributed by atoms with E-state index in [-0.39, 0.29) is 5.82 Å². The van der Waals surface area contributed by atoms with Gasteiger partial charge in [0.25, 0.3) is 0 Å². The average Bonchev–Trinajstić information content (AvgIpc) is 3.40. The molecular formula is C15H14FN3OS. The molecule has 21 heavy (non-hydrogen) atoms. The number of carbonyl (C=O) groups excluding carboxylic acids is 1. The molecule has 4 nitrogen and oxygen atoms in total. The molecule has 0 spiro atoms. The summed E-state index contributed by atoms with van der Waals surface area (Å²) in [5.74, 6) is 1.16. The van der Waals surface area contributed by atoms with E-state index in [1.165, 1.54) is 17.8 Å². The van der Waals surface area contributed by atoms with E-state index < -0.39 is 0 Å². The van der Waals surface area contributed by atoms with E-state index in [2.05, 4.69) is 14.8 Å². The van der Waals surface area contributed by atoms with Crippen molar-refractivity contribution in [3.63, 3.8) is 0 Å². The molecule has 0 aliphatic heterocycles. The average molecular weight is 303 g/mol. The first-order valence-electron chi connectivity index (χ1n) is 7.14. The van der Waals surface area contributed by atoms with Crippen LogP contribution in [-0.4, -0.2) is 21.1 Å². The number of halogens is 1. The van der Waals surface area contributed by atoms with Crippen LogP contribution < -0.4 is 0 Å². The van der Waals surface area contributed by atoms with Crippen LogP contribution in [0.5, 0.6) is 0 Å². The summed E-state index contributed by atoms with van der Waals surface area (Å²) >= 11 is 1.21. The molecule has 0 amide bonds. The number of aldehydes is 1. The first kappa shape index (κ1) is 13.0. The summed E-state index contributed by atoms with van der Waals surface area (Å²) in [4.78, 5) is 11.4. The van der Waals surface area contributed by atoms with E-state index in [4.69, 9.17) is 0 Å². The minimum absolute atomic E-state index is 0.337. The minimum atomic E-state index is -0.386. The molecule has 1 heterocycles. The fourth-order valence-corrected chi connectivity index (χ4v) is 3.48. The van der Waals surface area contributed by atoms with Crippen molar-refractivity contribution in [3.8, 4) is 0 Å². The van der Waals surface area contributed by atoms with Gasteiger partial charge in [-0.3, -0.25) is 4.79 Å². The van der Waals surface area contributed by atoms with Crippen molar-refractivity contribution in [1.29, 1.82) is 0 Å². The van der Waals surface area contributed by atoms with Gasteiger partial charge in [0.05, 0.1) is 4.90 Å². The molecule has 2 aliphatic rings. The van der Waals surface area contributed by atoms with Crippen molar-refractivity contribution in [1.82, 2.24) is 14.8 Å². The Kier molecular flexibility index (Phi) is 3.06. The zero-order valence-electron chi connectivity index (χ0n) is 11.3. The summed E-state index contributed by atoms with van der Waals surface area (Å²) in [6, 6.07) is 4.99. The highest BCUT2D eigenvalue weighted by Gasteiger charge is 2.36. The molecule has 0 radical (unpaired) electrons. The van der Waals surface area contributed by atoms with Gasteiger partial charge in [0, 0.05) is 17.5 Å². The van der Waals surface area contributed by atoms with Gasteiger partial charge in [-0.05, 0) is 43.5 Å².